The number of amides is 1. The van der Waals surface area contributed by atoms with Gasteiger partial charge in [-0.15, -0.1) is 0 Å². The Balaban J connectivity index is 2.31. The number of aryl methyl sites for hydroxylation is 2. The maximum absolute atomic E-state index is 13.0. The summed E-state index contributed by atoms with van der Waals surface area (Å²) in [6.07, 6.45) is -0.0991. The van der Waals surface area contributed by atoms with Crippen molar-refractivity contribution in [1.82, 2.24) is 14.7 Å². The van der Waals surface area contributed by atoms with Crippen molar-refractivity contribution in [2.45, 2.75) is 26.8 Å². The second kappa shape index (κ2) is 7.61. The molecule has 7 heteroatoms. The number of benzene rings is 1. The Bertz CT molecular complexity index is 770. The molecule has 0 spiro atoms. The second-order valence-electron chi connectivity index (χ2n) is 5.67. The van der Waals surface area contributed by atoms with Crippen molar-refractivity contribution >= 4 is 27.8 Å². The number of rotatable bonds is 6. The summed E-state index contributed by atoms with van der Waals surface area (Å²) >= 11 is 3.41. The quantitative estimate of drug-likeness (QED) is 0.818. The van der Waals surface area contributed by atoms with E-state index < -0.39 is 5.97 Å². The van der Waals surface area contributed by atoms with E-state index in [9.17, 15) is 9.59 Å². The lowest BCUT2D eigenvalue weighted by Crippen LogP contribution is -2.33. The van der Waals surface area contributed by atoms with E-state index in [0.717, 1.165) is 15.7 Å². The SMILES string of the molecule is Cc1nn(C)c(C)c1C(=O)N(CCC(=O)O)Cc1cccc(Br)c1. The van der Waals surface area contributed by atoms with E-state index in [1.807, 2.05) is 31.2 Å². The molecule has 0 unspecified atom stereocenters. The first-order valence-electron chi connectivity index (χ1n) is 7.55. The van der Waals surface area contributed by atoms with E-state index in [2.05, 4.69) is 21.0 Å². The van der Waals surface area contributed by atoms with Crippen LogP contribution in [0.25, 0.3) is 0 Å². The lowest BCUT2D eigenvalue weighted by molar-refractivity contribution is -0.137. The van der Waals surface area contributed by atoms with Crippen LogP contribution in [0.3, 0.4) is 0 Å². The monoisotopic (exact) mass is 393 g/mol. The number of hydrogen-bond donors (Lipinski definition) is 1. The highest BCUT2D eigenvalue weighted by Gasteiger charge is 2.23. The molecule has 0 aliphatic carbocycles. The third kappa shape index (κ3) is 4.23. The summed E-state index contributed by atoms with van der Waals surface area (Å²) in [4.78, 5) is 25.5. The predicted octanol–water partition coefficient (Wildman–Crippen LogP) is 2.92. The van der Waals surface area contributed by atoms with Gasteiger partial charge >= 0.3 is 5.97 Å². The summed E-state index contributed by atoms with van der Waals surface area (Å²) < 4.78 is 2.58. The molecular formula is C17H20BrN3O3. The van der Waals surface area contributed by atoms with Crippen molar-refractivity contribution in [3.8, 4) is 0 Å². The number of carboxylic acid groups (broad SMARTS) is 1. The largest absolute Gasteiger partial charge is 0.481 e. The summed E-state index contributed by atoms with van der Waals surface area (Å²) in [6.45, 7) is 4.12. The molecular weight excluding hydrogens is 374 g/mol. The Kier molecular flexibility index (Phi) is 5.77. The van der Waals surface area contributed by atoms with Gasteiger partial charge in [0, 0.05) is 30.3 Å². The van der Waals surface area contributed by atoms with Crippen LogP contribution in [-0.4, -0.2) is 38.2 Å². The Morgan fingerprint density at radius 2 is 2.04 bits per heavy atom. The van der Waals surface area contributed by atoms with E-state index in [1.54, 1.807) is 23.6 Å². The molecule has 0 bridgehead atoms. The molecule has 24 heavy (non-hydrogen) atoms. The van der Waals surface area contributed by atoms with Gasteiger partial charge in [-0.3, -0.25) is 14.3 Å². The zero-order valence-corrected chi connectivity index (χ0v) is 15.5. The van der Waals surface area contributed by atoms with Crippen LogP contribution in [0.15, 0.2) is 28.7 Å². The molecule has 1 N–H and O–H groups in total. The van der Waals surface area contributed by atoms with Gasteiger partial charge in [0.25, 0.3) is 5.91 Å². The summed E-state index contributed by atoms with van der Waals surface area (Å²) in [5.74, 6) is -1.12. The molecule has 2 aromatic rings. The normalized spacial score (nSPS) is 10.7. The summed E-state index contributed by atoms with van der Waals surface area (Å²) in [7, 11) is 1.79. The standard InChI is InChI=1S/C17H20BrN3O3/c1-11-16(12(2)20(3)19-11)17(24)21(8-7-15(22)23)10-13-5-4-6-14(18)9-13/h4-6,9H,7-8,10H2,1-3H3,(H,22,23). The fourth-order valence-corrected chi connectivity index (χ4v) is 3.03. The highest BCUT2D eigenvalue weighted by atomic mass is 79.9. The number of aromatic nitrogens is 2. The number of nitrogens with zero attached hydrogens (tertiary/aromatic N) is 3. The van der Waals surface area contributed by atoms with Gasteiger partial charge in [-0.25, -0.2) is 0 Å². The van der Waals surface area contributed by atoms with Gasteiger partial charge in [0.1, 0.15) is 0 Å². The minimum absolute atomic E-state index is 0.0991. The summed E-state index contributed by atoms with van der Waals surface area (Å²) in [6, 6.07) is 7.63. The van der Waals surface area contributed by atoms with Gasteiger partial charge in [0.05, 0.1) is 17.7 Å². The first-order valence-corrected chi connectivity index (χ1v) is 8.34. The molecule has 1 aromatic heterocycles. The zero-order valence-electron chi connectivity index (χ0n) is 13.9. The van der Waals surface area contributed by atoms with Crippen molar-refractivity contribution in [3.05, 3.63) is 51.3 Å². The average Bonchev–Trinajstić information content (AvgIpc) is 2.75. The van der Waals surface area contributed by atoms with Crippen molar-refractivity contribution < 1.29 is 14.7 Å². The summed E-state index contributed by atoms with van der Waals surface area (Å²) in [5, 5.41) is 13.3. The van der Waals surface area contributed by atoms with Crippen LogP contribution in [0, 0.1) is 13.8 Å². The van der Waals surface area contributed by atoms with Gasteiger partial charge < -0.3 is 10.0 Å². The number of aliphatic carboxylic acids is 1. The molecule has 0 saturated heterocycles. The molecule has 6 nitrogen and oxygen atoms in total. The minimum Gasteiger partial charge on any atom is -0.481 e. The Morgan fingerprint density at radius 1 is 1.33 bits per heavy atom. The Morgan fingerprint density at radius 3 is 2.58 bits per heavy atom. The lowest BCUT2D eigenvalue weighted by atomic mass is 10.1. The Hall–Kier alpha value is -2.15. The molecule has 0 atom stereocenters. The number of carboxylic acids is 1. The van der Waals surface area contributed by atoms with Crippen LogP contribution in [0.2, 0.25) is 0 Å². The first-order chi connectivity index (χ1) is 11.3. The fraction of sp³-hybridized carbons (Fsp3) is 0.353. The van der Waals surface area contributed by atoms with E-state index in [1.165, 1.54) is 0 Å². The highest BCUT2D eigenvalue weighted by Crippen LogP contribution is 2.19. The van der Waals surface area contributed by atoms with Crippen LogP contribution in [0.4, 0.5) is 0 Å². The molecule has 2 rings (SSSR count). The van der Waals surface area contributed by atoms with Crippen LogP contribution >= 0.6 is 15.9 Å². The number of carbonyl (C=O) groups is 2. The number of halogens is 1. The minimum atomic E-state index is -0.929. The molecule has 1 aromatic carbocycles. The smallest absolute Gasteiger partial charge is 0.305 e. The van der Waals surface area contributed by atoms with Crippen molar-refractivity contribution in [1.29, 1.82) is 0 Å². The third-order valence-electron chi connectivity index (χ3n) is 3.87. The van der Waals surface area contributed by atoms with E-state index in [0.29, 0.717) is 17.8 Å². The second-order valence-corrected chi connectivity index (χ2v) is 6.59. The Labute approximate surface area is 149 Å². The molecule has 1 amide bonds. The van der Waals surface area contributed by atoms with Gasteiger partial charge in [0.15, 0.2) is 0 Å². The lowest BCUT2D eigenvalue weighted by Gasteiger charge is -2.22. The van der Waals surface area contributed by atoms with Gasteiger partial charge in [0.2, 0.25) is 0 Å². The van der Waals surface area contributed by atoms with Crippen LogP contribution in [0.5, 0.6) is 0 Å². The first kappa shape index (κ1) is 18.2. The van der Waals surface area contributed by atoms with E-state index in [4.69, 9.17) is 5.11 Å². The van der Waals surface area contributed by atoms with Crippen LogP contribution < -0.4 is 0 Å². The number of hydrogen-bond acceptors (Lipinski definition) is 3. The molecule has 0 aliphatic rings. The van der Waals surface area contributed by atoms with Gasteiger partial charge in [-0.05, 0) is 31.5 Å². The van der Waals surface area contributed by atoms with E-state index in [-0.39, 0.29) is 18.9 Å². The molecule has 128 valence electrons. The molecule has 0 fully saturated rings. The fourth-order valence-electron chi connectivity index (χ4n) is 2.58. The maximum Gasteiger partial charge on any atom is 0.305 e. The van der Waals surface area contributed by atoms with Crippen molar-refractivity contribution in [2.75, 3.05) is 6.54 Å². The summed E-state index contributed by atoms with van der Waals surface area (Å²) in [5.41, 5.74) is 2.89. The number of carbonyl (C=O) groups excluding carboxylic acids is 1. The molecule has 0 aliphatic heterocycles. The van der Waals surface area contributed by atoms with E-state index >= 15 is 0 Å². The highest BCUT2D eigenvalue weighted by molar-refractivity contribution is 9.10. The van der Waals surface area contributed by atoms with Gasteiger partial charge in [-0.2, -0.15) is 5.10 Å². The van der Waals surface area contributed by atoms with Crippen LogP contribution in [-0.2, 0) is 18.4 Å². The predicted molar refractivity (Wildman–Crippen MR) is 93.8 cm³/mol. The van der Waals surface area contributed by atoms with Crippen molar-refractivity contribution in [2.24, 2.45) is 7.05 Å². The third-order valence-corrected chi connectivity index (χ3v) is 4.36. The average molecular weight is 394 g/mol. The van der Waals surface area contributed by atoms with Crippen LogP contribution in [0.1, 0.15) is 33.7 Å². The maximum atomic E-state index is 13.0. The molecule has 0 radical (unpaired) electrons. The molecule has 0 saturated carbocycles. The van der Waals surface area contributed by atoms with Gasteiger partial charge in [-0.1, -0.05) is 28.1 Å². The zero-order chi connectivity index (χ0) is 17.9. The molecule has 1 heterocycles. The topological polar surface area (TPSA) is 75.4 Å². The van der Waals surface area contributed by atoms with Crippen molar-refractivity contribution in [3.63, 3.8) is 0 Å².